The van der Waals surface area contributed by atoms with Gasteiger partial charge in [0.2, 0.25) is 0 Å². The molecule has 0 spiro atoms. The molecule has 3 radical (unpaired) electrons. The predicted octanol–water partition coefficient (Wildman–Crippen LogP) is 21.8. The molecule has 21 rings (SSSR count). The van der Waals surface area contributed by atoms with Gasteiger partial charge < -0.3 is 42.7 Å². The van der Waals surface area contributed by atoms with Gasteiger partial charge in [0, 0.05) is 102 Å². The number of hydrogen-bond donors (Lipinski definition) is 3. The summed E-state index contributed by atoms with van der Waals surface area (Å²) in [5.74, 6) is 2.43. The summed E-state index contributed by atoms with van der Waals surface area (Å²) in [6, 6.07) is 125. The average molecular weight is 1550 g/mol. The van der Waals surface area contributed by atoms with E-state index >= 15 is 0 Å². The van der Waals surface area contributed by atoms with Crippen molar-refractivity contribution >= 4 is 88.5 Å². The smallest absolute Gasteiger partial charge is 0.537 e. The highest BCUT2D eigenvalue weighted by Gasteiger charge is 2.21. The van der Waals surface area contributed by atoms with Gasteiger partial charge in [0.25, 0.3) is 0 Å². The van der Waals surface area contributed by atoms with Gasteiger partial charge in [-0.2, -0.15) is 0 Å². The molecular weight excluding hydrogens is 1480 g/mol. The van der Waals surface area contributed by atoms with E-state index in [1.807, 2.05) is 219 Å². The van der Waals surface area contributed by atoms with Crippen molar-refractivity contribution in [2.75, 3.05) is 0 Å². The highest BCUT2D eigenvalue weighted by molar-refractivity contribution is 6.19. The fraction of sp³-hybridized carbons (Fsp3) is 0. The first-order chi connectivity index (χ1) is 59.3. The molecule has 9 heterocycles. The molecule has 0 amide bonds. The molecule has 12 aromatic carbocycles. The summed E-state index contributed by atoms with van der Waals surface area (Å²) >= 11 is 0. The SMILES string of the molecule is O[B]Oc1ccc2c(c1)c1ccccc1n2-c1cccc(-c2cc(-c3ccccc3)nc(-c3ccccc3)n2)c1.O[B]Oc1ccc2c(c1)c1ccccc1n2-c1cccc(-c2cc(-c3ccccn3)cc(-c3ccccn3)c2)c1.O[B]Oc1ccc2c(c1)c1ccccc1n2-c1cccc(-c2cc(-c3ccccn3)nc(-c3ccccn3)c2)c1. The second-order valence-electron chi connectivity index (χ2n) is 28.4. The van der Waals surface area contributed by atoms with Gasteiger partial charge in [0.1, 0.15) is 17.2 Å². The second kappa shape index (κ2) is 33.7. The molecule has 0 aliphatic rings. The first kappa shape index (κ1) is 74.5. The van der Waals surface area contributed by atoms with E-state index in [9.17, 15) is 0 Å². The zero-order valence-corrected chi connectivity index (χ0v) is 64.3. The van der Waals surface area contributed by atoms with Crippen molar-refractivity contribution in [3.05, 3.63) is 395 Å². The zero-order chi connectivity index (χ0) is 80.7. The van der Waals surface area contributed by atoms with Crippen LogP contribution in [0, 0.1) is 0 Å². The Hall–Kier alpha value is -15.7. The lowest BCUT2D eigenvalue weighted by atomic mass is 9.96. The standard InChI is InChI=1S/2C34H23BN3O2.C33H22BN4O2/c39-35-40-27-18-19-33-29(21-27)28-16-7-8-17-32(28)38(33)26-15-9-14-25(20-26)31-22-30(23-10-3-1-4-11-23)36-34(37-31)24-12-5-2-6-13-24;39-35-40-28-14-15-34-30(22-28)29-10-1-2-13-33(29)38(34)27-9-7-8-23(21-27)24-18-25(31-11-3-5-16-36-31)20-26(19-24)32-12-4-6-17-37-32;39-34-40-25-14-15-33-27(21-25)26-10-1-2-13-32(26)38(33)24-9-7-8-22(18-24)23-19-30(28-11-3-5-16-35-28)37-31(20-23)29-12-4-6-17-36-29/h2*1-22,39H;1-21,39H. The van der Waals surface area contributed by atoms with Crippen molar-refractivity contribution < 1.29 is 29.0 Å². The molecule has 0 unspecified atom stereocenters. The minimum Gasteiger partial charge on any atom is -0.537 e. The topological polar surface area (TPSA) is 193 Å². The molecule has 0 atom stereocenters. The molecule has 0 fully saturated rings. The van der Waals surface area contributed by atoms with Gasteiger partial charge in [0.15, 0.2) is 5.82 Å². The van der Waals surface area contributed by atoms with E-state index in [2.05, 4.69) is 197 Å². The number of aromatic nitrogens is 10. The highest BCUT2D eigenvalue weighted by Crippen LogP contribution is 2.42. The van der Waals surface area contributed by atoms with Crippen LogP contribution in [0.2, 0.25) is 0 Å². The summed E-state index contributed by atoms with van der Waals surface area (Å²) in [7, 11) is 2.12. The minimum absolute atomic E-state index is 0.576. The zero-order valence-electron chi connectivity index (χ0n) is 64.3. The molecule has 567 valence electrons. The lowest BCUT2D eigenvalue weighted by Crippen LogP contribution is -1.99. The van der Waals surface area contributed by atoms with Crippen molar-refractivity contribution in [3.8, 4) is 136 Å². The van der Waals surface area contributed by atoms with Gasteiger partial charge in [-0.25, -0.2) is 15.0 Å². The van der Waals surface area contributed by atoms with E-state index in [-0.39, 0.29) is 0 Å². The third-order valence-electron chi connectivity index (χ3n) is 21.1. The number of pyridine rings is 5. The maximum atomic E-state index is 9.15. The van der Waals surface area contributed by atoms with Crippen molar-refractivity contribution in [1.29, 1.82) is 0 Å². The van der Waals surface area contributed by atoms with Crippen LogP contribution in [-0.4, -0.2) is 86.7 Å². The summed E-state index contributed by atoms with van der Waals surface area (Å²) in [4.78, 5) is 33.2. The van der Waals surface area contributed by atoms with Crippen molar-refractivity contribution in [1.82, 2.24) is 48.6 Å². The van der Waals surface area contributed by atoms with Crippen LogP contribution in [0.25, 0.3) is 184 Å². The molecule has 0 aliphatic carbocycles. The number of para-hydroxylation sites is 3. The van der Waals surface area contributed by atoms with Gasteiger partial charge in [-0.15, -0.1) is 0 Å². The normalized spacial score (nSPS) is 11.1. The fourth-order valence-corrected chi connectivity index (χ4v) is 15.8. The molecule has 0 saturated heterocycles. The number of benzene rings is 12. The lowest BCUT2D eigenvalue weighted by molar-refractivity contribution is 0.453. The number of fused-ring (bicyclic) bond motifs is 9. The Morgan fingerprint density at radius 1 is 0.200 bits per heavy atom. The van der Waals surface area contributed by atoms with Crippen molar-refractivity contribution in [3.63, 3.8) is 0 Å². The lowest BCUT2D eigenvalue weighted by Gasteiger charge is -2.13. The van der Waals surface area contributed by atoms with Crippen LogP contribution in [0.15, 0.2) is 395 Å². The molecule has 19 heteroatoms. The molecule has 120 heavy (non-hydrogen) atoms. The van der Waals surface area contributed by atoms with E-state index in [1.54, 1.807) is 12.4 Å². The molecule has 0 aliphatic heterocycles. The van der Waals surface area contributed by atoms with Gasteiger partial charge in [-0.3, -0.25) is 19.9 Å². The first-order valence-corrected chi connectivity index (χ1v) is 39.0. The predicted molar refractivity (Wildman–Crippen MR) is 482 cm³/mol. The van der Waals surface area contributed by atoms with E-state index in [1.165, 1.54) is 0 Å². The third-order valence-corrected chi connectivity index (χ3v) is 21.1. The largest absolute Gasteiger partial charge is 0.569 e. The Kier molecular flexibility index (Phi) is 20.9. The van der Waals surface area contributed by atoms with Crippen molar-refractivity contribution in [2.24, 2.45) is 0 Å². The molecule has 0 saturated carbocycles. The third kappa shape index (κ3) is 15.2. The molecule has 3 N–H and O–H groups in total. The summed E-state index contributed by atoms with van der Waals surface area (Å²) in [5, 5.41) is 33.9. The Morgan fingerprint density at radius 2 is 0.525 bits per heavy atom. The monoisotopic (exact) mass is 1550 g/mol. The summed E-state index contributed by atoms with van der Waals surface area (Å²) in [5.41, 5.74) is 25.6. The average Bonchev–Trinajstić information content (AvgIpc) is 1.60. The molecule has 16 nitrogen and oxygen atoms in total. The van der Waals surface area contributed by atoms with Gasteiger partial charge in [-0.1, -0.05) is 176 Å². The van der Waals surface area contributed by atoms with Gasteiger partial charge >= 0.3 is 23.1 Å². The minimum atomic E-state index is 0.576. The van der Waals surface area contributed by atoms with Crippen molar-refractivity contribution in [2.45, 2.75) is 0 Å². The van der Waals surface area contributed by atoms with Crippen LogP contribution < -0.4 is 14.0 Å². The van der Waals surface area contributed by atoms with E-state index in [0.29, 0.717) is 46.1 Å². The summed E-state index contributed by atoms with van der Waals surface area (Å²) in [6.45, 7) is 0. The van der Waals surface area contributed by atoms with Crippen LogP contribution in [0.1, 0.15) is 0 Å². The van der Waals surface area contributed by atoms with Crippen LogP contribution >= 0.6 is 0 Å². The van der Waals surface area contributed by atoms with Crippen LogP contribution in [0.3, 0.4) is 0 Å². The van der Waals surface area contributed by atoms with E-state index < -0.39 is 0 Å². The molecular formula is C101H68B3N10O6. The quantitative estimate of drug-likeness (QED) is 0.0688. The molecule has 21 aromatic rings. The first-order valence-electron chi connectivity index (χ1n) is 39.0. The van der Waals surface area contributed by atoms with Crippen LogP contribution in [0.5, 0.6) is 17.2 Å². The Bertz CT molecular complexity index is 6430. The number of nitrogens with zero attached hydrogens (tertiary/aromatic N) is 10. The Labute approximate surface area is 692 Å². The maximum absolute atomic E-state index is 9.15. The maximum Gasteiger partial charge on any atom is 0.569 e. The van der Waals surface area contributed by atoms with E-state index in [0.717, 1.165) is 178 Å². The van der Waals surface area contributed by atoms with Crippen LogP contribution in [0.4, 0.5) is 0 Å². The highest BCUT2D eigenvalue weighted by atomic mass is 16.5. The molecule has 0 bridgehead atoms. The summed E-state index contributed by atoms with van der Waals surface area (Å²) in [6.07, 6.45) is 7.20. The second-order valence-corrected chi connectivity index (χ2v) is 28.4. The van der Waals surface area contributed by atoms with Gasteiger partial charge in [0.05, 0.1) is 78.7 Å². The summed E-state index contributed by atoms with van der Waals surface area (Å²) < 4.78 is 22.5. The van der Waals surface area contributed by atoms with Crippen LogP contribution in [-0.2, 0) is 0 Å². The number of hydrogen-bond acceptors (Lipinski definition) is 13. The van der Waals surface area contributed by atoms with E-state index in [4.69, 9.17) is 44.0 Å². The fourth-order valence-electron chi connectivity index (χ4n) is 15.8. The van der Waals surface area contributed by atoms with Gasteiger partial charge in [-0.05, 0) is 216 Å². The molecule has 9 aromatic heterocycles. The Balaban J connectivity index is 0.000000119. The Morgan fingerprint density at radius 3 is 0.925 bits per heavy atom. The number of rotatable bonds is 18.